The molecule has 1 amide bonds. The molecule has 1 aliphatic carbocycles. The van der Waals surface area contributed by atoms with Crippen LogP contribution < -0.4 is 16.8 Å². The van der Waals surface area contributed by atoms with Crippen molar-refractivity contribution in [2.75, 3.05) is 5.73 Å². The van der Waals surface area contributed by atoms with Crippen LogP contribution in [0.25, 0.3) is 11.1 Å². The van der Waals surface area contributed by atoms with E-state index in [4.69, 9.17) is 16.9 Å². The van der Waals surface area contributed by atoms with E-state index in [1.165, 1.54) is 44.2 Å². The summed E-state index contributed by atoms with van der Waals surface area (Å²) in [7, 11) is 0. The van der Waals surface area contributed by atoms with Gasteiger partial charge in [0.1, 0.15) is 34.5 Å². The topological polar surface area (TPSA) is 156 Å². The van der Waals surface area contributed by atoms with E-state index in [9.17, 15) is 31.9 Å². The van der Waals surface area contributed by atoms with Crippen LogP contribution in [0.2, 0.25) is 0 Å². The summed E-state index contributed by atoms with van der Waals surface area (Å²) in [5.74, 6) is -2.56. The highest BCUT2D eigenvalue weighted by atomic mass is 19.4. The van der Waals surface area contributed by atoms with Gasteiger partial charge in [-0.3, -0.25) is 5.41 Å². The molecule has 2 atom stereocenters. The van der Waals surface area contributed by atoms with Crippen LogP contribution in [0.15, 0.2) is 48.5 Å². The molecule has 5 rings (SSSR count). The lowest BCUT2D eigenvalue weighted by Gasteiger charge is -2.23. The summed E-state index contributed by atoms with van der Waals surface area (Å²) < 4.78 is 101. The summed E-state index contributed by atoms with van der Waals surface area (Å²) in [5.41, 5.74) is 7.21. The van der Waals surface area contributed by atoms with Crippen molar-refractivity contribution in [1.82, 2.24) is 20.1 Å². The van der Waals surface area contributed by atoms with Crippen molar-refractivity contribution in [3.05, 3.63) is 99.6 Å². The predicted octanol–water partition coefficient (Wildman–Crippen LogP) is 6.06. The van der Waals surface area contributed by atoms with Crippen LogP contribution in [-0.4, -0.2) is 37.3 Å². The minimum Gasteiger partial charge on any atom is -0.398 e. The van der Waals surface area contributed by atoms with E-state index in [1.54, 1.807) is 0 Å². The van der Waals surface area contributed by atoms with Crippen LogP contribution in [-0.2, 0) is 24.9 Å². The second kappa shape index (κ2) is 12.8. The summed E-state index contributed by atoms with van der Waals surface area (Å²) in [6, 6.07) is 6.81. The Morgan fingerprint density at radius 2 is 1.80 bits per heavy atom. The third kappa shape index (κ3) is 7.27. The number of fused-ring (bicyclic) bond motifs is 1. The van der Waals surface area contributed by atoms with E-state index in [1.807, 2.05) is 0 Å². The minimum absolute atomic E-state index is 0.0254. The Balaban J connectivity index is 1.73. The first-order valence-electron chi connectivity index (χ1n) is 15.0. The zero-order valence-corrected chi connectivity index (χ0v) is 26.7. The lowest BCUT2D eigenvalue weighted by Crippen LogP contribution is -2.38. The van der Waals surface area contributed by atoms with Gasteiger partial charge in [0.25, 0.3) is 5.92 Å². The van der Waals surface area contributed by atoms with Gasteiger partial charge in [-0.1, -0.05) is 18.9 Å². The highest BCUT2D eigenvalue weighted by Crippen LogP contribution is 2.49. The predicted molar refractivity (Wildman–Crippen MR) is 169 cm³/mol. The first-order valence-corrected chi connectivity index (χ1v) is 15.0. The number of anilines is 1. The highest BCUT2D eigenvalue weighted by molar-refractivity contribution is 6.01. The maximum absolute atomic E-state index is 15.3. The summed E-state index contributed by atoms with van der Waals surface area (Å²) in [6.07, 6.45) is -6.32. The van der Waals surface area contributed by atoms with Gasteiger partial charge in [-0.2, -0.15) is 31.7 Å². The molecule has 2 aromatic heterocycles. The van der Waals surface area contributed by atoms with Crippen LogP contribution in [0.3, 0.4) is 0 Å². The Morgan fingerprint density at radius 3 is 2.40 bits per heavy atom. The summed E-state index contributed by atoms with van der Waals surface area (Å²) in [5, 5.41) is 23.7. The molecule has 9 nitrogen and oxygen atoms in total. The lowest BCUT2D eigenvalue weighted by molar-refractivity contribution is -0.142. The van der Waals surface area contributed by atoms with Gasteiger partial charge in [0.05, 0.1) is 11.7 Å². The van der Waals surface area contributed by atoms with Crippen molar-refractivity contribution >= 4 is 17.6 Å². The molecule has 7 N–H and O–H groups in total. The normalized spacial score (nSPS) is 15.9. The number of benzene rings is 2. The molecule has 1 unspecified atom stereocenters. The van der Waals surface area contributed by atoms with Crippen molar-refractivity contribution in [3.8, 4) is 23.0 Å². The molecule has 0 radical (unpaired) electrons. The molecule has 16 heteroatoms. The largest absolute Gasteiger partial charge is 0.435 e. The van der Waals surface area contributed by atoms with Crippen molar-refractivity contribution in [2.45, 2.75) is 57.4 Å². The smallest absolute Gasteiger partial charge is 0.398 e. The number of hydrogen-bond donors (Lipinski definition) is 5. The molecule has 0 bridgehead atoms. The number of carbonyl (C=O) groups is 1. The van der Waals surface area contributed by atoms with Crippen molar-refractivity contribution < 1.29 is 40.6 Å². The summed E-state index contributed by atoms with van der Waals surface area (Å²) in [6.45, 7) is 3.85. The Hall–Kier alpha value is -5.43. The monoisotopic (exact) mass is 701 g/mol. The van der Waals surface area contributed by atoms with Gasteiger partial charge < -0.3 is 21.9 Å². The second-order valence-electron chi connectivity index (χ2n) is 12.5. The Bertz CT molecular complexity index is 2050. The molecule has 2 aromatic carbocycles. The zero-order chi connectivity index (χ0) is 36.9. The Morgan fingerprint density at radius 1 is 1.14 bits per heavy atom. The highest BCUT2D eigenvalue weighted by Gasteiger charge is 2.55. The molecular weight excluding hydrogens is 671 g/mol. The molecule has 0 aliphatic heterocycles. The first-order chi connectivity index (χ1) is 23.2. The number of nitrogens with two attached hydrogens (primary N) is 2. The number of carbonyl (C=O) groups excluding carboxylic acids is 1. The number of hydrogen-bond acceptors (Lipinski definition) is 6. The fraction of sp³-hybridized carbons (Fsp3) is 0.294. The van der Waals surface area contributed by atoms with Gasteiger partial charge in [0, 0.05) is 34.4 Å². The SMILES string of the molecule is C[C@@H]1Cc2c(C(F)(F)F)nn(C(=O)NC(Cc3cc(F)cc(F)c3)c3nc(C#CC(C)(C)O)ccc3-c3ccc(N)c(C(=N)N)c3)c2C1(F)F. The molecule has 4 aromatic rings. The number of nitrogens with zero attached hydrogens (tertiary/aromatic N) is 3. The summed E-state index contributed by atoms with van der Waals surface area (Å²) >= 11 is 0. The van der Waals surface area contributed by atoms with E-state index < -0.39 is 83.0 Å². The van der Waals surface area contributed by atoms with Gasteiger partial charge in [0.15, 0.2) is 5.69 Å². The average Bonchev–Trinajstić information content (AvgIpc) is 3.49. The van der Waals surface area contributed by atoms with Crippen LogP contribution >= 0.6 is 0 Å². The number of amides is 1. The van der Waals surface area contributed by atoms with Gasteiger partial charge in [0.2, 0.25) is 0 Å². The van der Waals surface area contributed by atoms with Crippen LogP contribution in [0.5, 0.6) is 0 Å². The molecule has 262 valence electrons. The van der Waals surface area contributed by atoms with Crippen molar-refractivity contribution in [2.24, 2.45) is 11.7 Å². The summed E-state index contributed by atoms with van der Waals surface area (Å²) in [4.78, 5) is 18.3. The number of nitrogen functional groups attached to an aromatic ring is 2. The maximum Gasteiger partial charge on any atom is 0.435 e. The molecule has 0 saturated carbocycles. The molecule has 0 fully saturated rings. The number of rotatable bonds is 6. The number of nitrogens with one attached hydrogen (secondary N) is 2. The van der Waals surface area contributed by atoms with Gasteiger partial charge in [-0.25, -0.2) is 18.6 Å². The molecule has 2 heterocycles. The zero-order valence-electron chi connectivity index (χ0n) is 26.7. The quantitative estimate of drug-likeness (QED) is 0.0542. The fourth-order valence-corrected chi connectivity index (χ4v) is 5.65. The molecule has 0 spiro atoms. The minimum atomic E-state index is -5.17. The van der Waals surface area contributed by atoms with E-state index in [-0.39, 0.29) is 38.4 Å². The molecule has 0 saturated heterocycles. The average molecular weight is 702 g/mol. The number of amidine groups is 1. The maximum atomic E-state index is 15.3. The van der Waals surface area contributed by atoms with E-state index in [0.29, 0.717) is 11.6 Å². The number of halogens is 7. The molecule has 1 aliphatic rings. The van der Waals surface area contributed by atoms with Crippen LogP contribution in [0.1, 0.15) is 66.3 Å². The van der Waals surface area contributed by atoms with E-state index in [2.05, 4.69) is 27.2 Å². The molecular formula is C34H30F7N7O2. The number of aromatic nitrogens is 3. The van der Waals surface area contributed by atoms with E-state index >= 15 is 8.78 Å². The van der Waals surface area contributed by atoms with Crippen molar-refractivity contribution in [1.29, 1.82) is 5.41 Å². The van der Waals surface area contributed by atoms with Crippen LogP contribution in [0, 0.1) is 34.8 Å². The third-order valence-electron chi connectivity index (χ3n) is 7.95. The standard InChI is InChI=1S/C34H30F7N7O2/c1-16-10-24-28(34(39,40)41)47-48(29(24)33(16,37)38)31(49)46-26(13-17-11-19(35)15-20(36)12-17)27-22(6-5-21(45-27)8-9-32(2,3)50)18-4-7-25(42)23(14-18)30(43)44/h4-7,11-12,14-16,26,50H,10,13,42H2,1-3H3,(H3,43,44)(H,46,49)/t16-,26?/m1/s1. The Labute approximate surface area is 281 Å². The lowest BCUT2D eigenvalue weighted by atomic mass is 9.93. The van der Waals surface area contributed by atoms with Gasteiger partial charge in [-0.15, -0.1) is 0 Å². The number of alkyl halides is 5. The second-order valence-corrected chi connectivity index (χ2v) is 12.5. The van der Waals surface area contributed by atoms with Crippen LogP contribution in [0.4, 0.5) is 41.2 Å². The van der Waals surface area contributed by atoms with Gasteiger partial charge >= 0.3 is 12.2 Å². The third-order valence-corrected chi connectivity index (χ3v) is 7.95. The first kappa shape index (κ1) is 35.9. The number of pyridine rings is 1. The molecule has 50 heavy (non-hydrogen) atoms. The van der Waals surface area contributed by atoms with Gasteiger partial charge in [-0.05, 0) is 80.1 Å². The fourth-order valence-electron chi connectivity index (χ4n) is 5.65. The Kier molecular flexibility index (Phi) is 9.17. The number of aliphatic hydroxyl groups is 1. The van der Waals surface area contributed by atoms with Crippen molar-refractivity contribution in [3.63, 3.8) is 0 Å². The van der Waals surface area contributed by atoms with E-state index in [0.717, 1.165) is 19.1 Å².